The van der Waals surface area contributed by atoms with Crippen LogP contribution in [0.1, 0.15) is 29.5 Å². The number of aliphatic hydroxyl groups is 1. The number of alkyl halides is 3. The van der Waals surface area contributed by atoms with Gasteiger partial charge < -0.3 is 14.9 Å². The van der Waals surface area contributed by atoms with Gasteiger partial charge in [0, 0.05) is 37.3 Å². The zero-order chi connectivity index (χ0) is 23.6. The van der Waals surface area contributed by atoms with E-state index in [0.717, 1.165) is 18.9 Å². The van der Waals surface area contributed by atoms with E-state index in [1.165, 1.54) is 29.2 Å². The van der Waals surface area contributed by atoms with Gasteiger partial charge >= 0.3 is 6.18 Å². The summed E-state index contributed by atoms with van der Waals surface area (Å²) in [5.41, 5.74) is -4.16. The first-order chi connectivity index (χ1) is 14.8. The molecule has 10 heteroatoms. The van der Waals surface area contributed by atoms with Crippen LogP contribution in [0.4, 0.5) is 18.9 Å². The molecule has 32 heavy (non-hydrogen) atoms. The van der Waals surface area contributed by atoms with E-state index in [-0.39, 0.29) is 33.8 Å². The Bertz CT molecular complexity index is 1090. The minimum Gasteiger partial charge on any atom is -0.372 e. The second-order valence-electron chi connectivity index (χ2n) is 8.55. The van der Waals surface area contributed by atoms with Crippen molar-refractivity contribution in [2.24, 2.45) is 5.92 Å². The van der Waals surface area contributed by atoms with Gasteiger partial charge in [-0.1, -0.05) is 29.3 Å². The third-order valence-corrected chi connectivity index (χ3v) is 7.47. The van der Waals surface area contributed by atoms with Crippen LogP contribution in [0.25, 0.3) is 0 Å². The van der Waals surface area contributed by atoms with E-state index in [1.54, 1.807) is 22.6 Å². The smallest absolute Gasteiger partial charge is 0.372 e. The quantitative estimate of drug-likeness (QED) is 0.470. The molecule has 0 bridgehead atoms. The van der Waals surface area contributed by atoms with Crippen LogP contribution in [0.15, 0.2) is 30.3 Å². The van der Waals surface area contributed by atoms with Crippen LogP contribution >= 0.6 is 45.8 Å². The van der Waals surface area contributed by atoms with Crippen molar-refractivity contribution in [3.63, 3.8) is 0 Å². The largest absolute Gasteiger partial charge is 0.416 e. The lowest BCUT2D eigenvalue weighted by molar-refractivity contribution is -0.142. The highest BCUT2D eigenvalue weighted by molar-refractivity contribution is 14.1. The summed E-state index contributed by atoms with van der Waals surface area (Å²) in [6.45, 7) is 0.223. The van der Waals surface area contributed by atoms with Crippen LogP contribution in [0.2, 0.25) is 10.0 Å². The molecule has 1 unspecified atom stereocenters. The fourth-order valence-corrected chi connectivity index (χ4v) is 5.72. The molecule has 1 aliphatic heterocycles. The Morgan fingerprint density at radius 3 is 2.44 bits per heavy atom. The number of hydrogen-bond donors (Lipinski definition) is 1. The second kappa shape index (κ2) is 8.30. The maximum absolute atomic E-state index is 14.1. The molecule has 0 radical (unpaired) electrons. The van der Waals surface area contributed by atoms with Gasteiger partial charge in [0.1, 0.15) is 0 Å². The summed E-state index contributed by atoms with van der Waals surface area (Å²) in [4.78, 5) is 17.0. The number of carbonyl (C=O) groups is 1. The van der Waals surface area contributed by atoms with E-state index in [1.807, 2.05) is 14.1 Å². The first kappa shape index (κ1) is 24.1. The zero-order valence-corrected chi connectivity index (χ0v) is 20.8. The molecule has 1 heterocycles. The van der Waals surface area contributed by atoms with Crippen LogP contribution < -0.4 is 4.90 Å². The maximum atomic E-state index is 14.1. The summed E-state index contributed by atoms with van der Waals surface area (Å²) < 4.78 is 42.5. The van der Waals surface area contributed by atoms with Crippen LogP contribution in [-0.4, -0.2) is 42.6 Å². The summed E-state index contributed by atoms with van der Waals surface area (Å²) in [6.07, 6.45) is -3.13. The number of carbonyl (C=O) groups excluding carboxylic acids is 1. The Labute approximate surface area is 207 Å². The molecule has 0 spiro atoms. The molecule has 1 saturated carbocycles. The van der Waals surface area contributed by atoms with E-state index in [2.05, 4.69) is 4.90 Å². The summed E-state index contributed by atoms with van der Waals surface area (Å²) in [7, 11) is 3.94. The number of halogens is 6. The number of amides is 1. The minimum atomic E-state index is -4.78. The number of rotatable bonds is 4. The van der Waals surface area contributed by atoms with E-state index in [4.69, 9.17) is 23.2 Å². The molecule has 2 aromatic carbocycles. The monoisotopic (exact) mass is 598 g/mol. The number of hydrogen-bond acceptors (Lipinski definition) is 3. The van der Waals surface area contributed by atoms with Gasteiger partial charge in [0.15, 0.2) is 5.60 Å². The normalized spacial score (nSPS) is 25.3. The molecule has 1 fully saturated rings. The van der Waals surface area contributed by atoms with Crippen LogP contribution in [0, 0.1) is 9.49 Å². The van der Waals surface area contributed by atoms with Crippen molar-refractivity contribution >= 4 is 57.4 Å². The first-order valence-corrected chi connectivity index (χ1v) is 11.7. The van der Waals surface area contributed by atoms with E-state index < -0.39 is 28.8 Å². The Morgan fingerprint density at radius 2 is 1.88 bits per heavy atom. The molecule has 4 nitrogen and oxygen atoms in total. The van der Waals surface area contributed by atoms with Crippen molar-refractivity contribution in [3.05, 3.63) is 60.6 Å². The van der Waals surface area contributed by atoms with Crippen molar-refractivity contribution in [2.75, 3.05) is 25.5 Å². The van der Waals surface area contributed by atoms with E-state index in [9.17, 15) is 23.1 Å². The van der Waals surface area contributed by atoms with Crippen molar-refractivity contribution in [3.8, 4) is 0 Å². The standard InChI is InChI=1S/C22H20Cl2F3IN2O2/c1-29(2)14-5-11(6-14)10-30-18-9-13(28)8-16(22(25,26)27)19(18)21(32,20(30)31)15-4-3-12(23)7-17(15)24/h3-4,7-9,11,14,32H,5-6,10H2,1-2H3/t11-,14+,21?. The minimum absolute atomic E-state index is 0.0658. The predicted octanol–water partition coefficient (Wildman–Crippen LogP) is 5.54. The predicted molar refractivity (Wildman–Crippen MR) is 126 cm³/mol. The average molecular weight is 599 g/mol. The van der Waals surface area contributed by atoms with Crippen molar-refractivity contribution in [1.29, 1.82) is 0 Å². The summed E-state index contributed by atoms with van der Waals surface area (Å²) in [5, 5.41) is 11.8. The van der Waals surface area contributed by atoms with Gasteiger partial charge in [-0.15, -0.1) is 0 Å². The summed E-state index contributed by atoms with van der Waals surface area (Å²) >= 11 is 14.0. The Kier molecular flexibility index (Phi) is 6.24. The van der Waals surface area contributed by atoms with Crippen molar-refractivity contribution < 1.29 is 23.1 Å². The van der Waals surface area contributed by atoms with Crippen LogP contribution in [0.5, 0.6) is 0 Å². The summed E-state index contributed by atoms with van der Waals surface area (Å²) in [6, 6.07) is 6.81. The van der Waals surface area contributed by atoms with Crippen molar-refractivity contribution in [1.82, 2.24) is 4.90 Å². The highest BCUT2D eigenvalue weighted by Gasteiger charge is 2.57. The summed E-state index contributed by atoms with van der Waals surface area (Å²) in [5.74, 6) is -0.716. The SMILES string of the molecule is CN(C)[C@H]1C[C@@H](CN2C(=O)C(O)(c3ccc(Cl)cc3Cl)c3c2cc(I)cc3C(F)(F)F)C1. The zero-order valence-electron chi connectivity index (χ0n) is 17.2. The van der Waals surface area contributed by atoms with Gasteiger partial charge in [-0.2, -0.15) is 13.2 Å². The lowest BCUT2D eigenvalue weighted by atomic mass is 9.79. The average Bonchev–Trinajstić information content (AvgIpc) is 2.84. The van der Waals surface area contributed by atoms with E-state index >= 15 is 0 Å². The number of fused-ring (bicyclic) bond motifs is 1. The van der Waals surface area contributed by atoms with Gasteiger partial charge in [-0.05, 0) is 79.7 Å². The van der Waals surface area contributed by atoms with E-state index in [0.29, 0.717) is 9.61 Å². The molecule has 4 rings (SSSR count). The third-order valence-electron chi connectivity index (χ3n) is 6.30. The highest BCUT2D eigenvalue weighted by atomic mass is 127. The molecule has 1 atom stereocenters. The number of anilines is 1. The molecule has 1 aliphatic carbocycles. The molecule has 2 aliphatic rings. The van der Waals surface area contributed by atoms with Gasteiger partial charge in [-0.3, -0.25) is 4.79 Å². The third kappa shape index (κ3) is 3.91. The lowest BCUT2D eigenvalue weighted by Gasteiger charge is -2.41. The van der Waals surface area contributed by atoms with Gasteiger partial charge in [0.25, 0.3) is 5.91 Å². The van der Waals surface area contributed by atoms with Crippen LogP contribution in [-0.2, 0) is 16.6 Å². The number of nitrogens with zero attached hydrogens (tertiary/aromatic N) is 2. The van der Waals surface area contributed by atoms with Crippen molar-refractivity contribution in [2.45, 2.75) is 30.7 Å². The Morgan fingerprint density at radius 1 is 1.22 bits per heavy atom. The number of benzene rings is 2. The van der Waals surface area contributed by atoms with Crippen LogP contribution in [0.3, 0.4) is 0 Å². The Hall–Kier alpha value is -1.07. The molecule has 172 valence electrons. The molecular formula is C22H20Cl2F3IN2O2. The maximum Gasteiger partial charge on any atom is 0.416 e. The van der Waals surface area contributed by atoms with Gasteiger partial charge in [0.2, 0.25) is 0 Å². The highest BCUT2D eigenvalue weighted by Crippen LogP contribution is 2.52. The second-order valence-corrected chi connectivity index (χ2v) is 10.6. The van der Waals surface area contributed by atoms with Gasteiger partial charge in [-0.25, -0.2) is 0 Å². The molecule has 1 N–H and O–H groups in total. The fourth-order valence-electron chi connectivity index (χ4n) is 4.56. The molecule has 0 saturated heterocycles. The van der Waals surface area contributed by atoms with Gasteiger partial charge in [0.05, 0.1) is 11.3 Å². The molecule has 0 aromatic heterocycles. The Balaban J connectivity index is 1.87. The molecular weight excluding hydrogens is 579 g/mol. The molecule has 1 amide bonds. The fraction of sp³-hybridized carbons (Fsp3) is 0.409. The topological polar surface area (TPSA) is 43.8 Å². The lowest BCUT2D eigenvalue weighted by Crippen LogP contribution is -2.48. The first-order valence-electron chi connectivity index (χ1n) is 9.91. The molecule has 2 aromatic rings.